The number of nitrogens with zero attached hydrogens (tertiary/aromatic N) is 2. The first-order chi connectivity index (χ1) is 29.6. The maximum Gasteiger partial charge on any atom is 0.0795 e. The van der Waals surface area contributed by atoms with Crippen molar-refractivity contribution in [1.29, 1.82) is 0 Å². The van der Waals surface area contributed by atoms with Gasteiger partial charge in [0.05, 0.1) is 8.07 Å². The standard InChI is InChI=1S/C34H28NS.C21H22NSi.Ir/c1-34(2,3)22-23-17-18-35-31(19-23)28-16-10-15-27-30-21-26(24-11-6-4-7-12-24)20-29(33(30)36-32(27)28)25-13-8-5-9-14-25;1-16-10-11-18(14-20(16)17-8-6-5-7-9-17)21-13-12-19(15-22-21)23(2,3)4;/h4-15,17-21H,22H2,1-3H3;5-10,12-15H,1-4H3;/q2*-1;/i;1D3;. The maximum atomic E-state index is 7.84. The van der Waals surface area contributed by atoms with E-state index in [1.807, 2.05) is 66.2 Å². The van der Waals surface area contributed by atoms with Gasteiger partial charge in [-0.05, 0) is 84.5 Å². The van der Waals surface area contributed by atoms with Gasteiger partial charge in [0.25, 0.3) is 0 Å². The SMILES string of the molecule is CC(C)(C)Cc1ccnc(-c2[c-]ccc3c2sc2c(-c4ccccc4)cc(-c4ccccc4)cc23)c1.[2H]C([2H])([2H])c1c[c-]c(-c2ccc([Si](C)(C)C)cn2)cc1-c1ccccc1.[Ir]. The molecule has 0 saturated carbocycles. The summed E-state index contributed by atoms with van der Waals surface area (Å²) in [6, 6.07) is 58.6. The van der Waals surface area contributed by atoms with E-state index in [-0.39, 0.29) is 25.5 Å². The van der Waals surface area contributed by atoms with E-state index in [0.29, 0.717) is 11.1 Å². The number of benzene rings is 6. The zero-order valence-electron chi connectivity index (χ0n) is 37.9. The van der Waals surface area contributed by atoms with Gasteiger partial charge in [0, 0.05) is 41.3 Å². The zero-order chi connectivity index (χ0) is 43.6. The Bertz CT molecular complexity index is 2970. The van der Waals surface area contributed by atoms with Gasteiger partial charge in [-0.15, -0.1) is 53.1 Å². The van der Waals surface area contributed by atoms with E-state index < -0.39 is 14.9 Å². The first-order valence-electron chi connectivity index (χ1n) is 21.7. The quantitative estimate of drug-likeness (QED) is 0.117. The summed E-state index contributed by atoms with van der Waals surface area (Å²) < 4.78 is 26.1. The summed E-state index contributed by atoms with van der Waals surface area (Å²) in [5, 5.41) is 3.85. The molecule has 0 fully saturated rings. The fourth-order valence-electron chi connectivity index (χ4n) is 7.49. The molecule has 0 spiro atoms. The number of fused-ring (bicyclic) bond motifs is 3. The third kappa shape index (κ3) is 9.67. The first-order valence-corrected chi connectivity index (χ1v) is 24.5. The number of aryl methyl sites for hydroxylation is 1. The molecule has 0 aliphatic carbocycles. The maximum absolute atomic E-state index is 7.84. The summed E-state index contributed by atoms with van der Waals surface area (Å²) in [5.41, 5.74) is 12.1. The second kappa shape index (κ2) is 18.1. The molecule has 0 N–H and O–H groups in total. The van der Waals surface area contributed by atoms with Crippen molar-refractivity contribution in [2.24, 2.45) is 5.41 Å². The molecule has 301 valence electrons. The molecule has 60 heavy (non-hydrogen) atoms. The van der Waals surface area contributed by atoms with E-state index in [1.165, 1.54) is 53.2 Å². The summed E-state index contributed by atoms with van der Waals surface area (Å²) in [6.45, 7) is 11.5. The van der Waals surface area contributed by atoms with Crippen LogP contribution in [-0.2, 0) is 26.5 Å². The van der Waals surface area contributed by atoms with Crippen LogP contribution in [0.5, 0.6) is 0 Å². The van der Waals surface area contributed by atoms with Gasteiger partial charge in [0.1, 0.15) is 0 Å². The number of thiophene rings is 1. The van der Waals surface area contributed by atoms with Crippen molar-refractivity contribution in [3.63, 3.8) is 0 Å². The van der Waals surface area contributed by atoms with Crippen molar-refractivity contribution >= 4 is 44.8 Å². The van der Waals surface area contributed by atoms with Crippen LogP contribution in [0.2, 0.25) is 19.6 Å². The van der Waals surface area contributed by atoms with Crippen LogP contribution in [0, 0.1) is 24.4 Å². The van der Waals surface area contributed by atoms with Gasteiger partial charge in [-0.2, -0.15) is 11.3 Å². The van der Waals surface area contributed by atoms with E-state index in [0.717, 1.165) is 34.5 Å². The molecule has 1 radical (unpaired) electrons. The van der Waals surface area contributed by atoms with Crippen molar-refractivity contribution in [3.05, 3.63) is 187 Å². The van der Waals surface area contributed by atoms with E-state index >= 15 is 0 Å². The van der Waals surface area contributed by atoms with Gasteiger partial charge < -0.3 is 9.97 Å². The third-order valence-electron chi connectivity index (χ3n) is 10.5. The topological polar surface area (TPSA) is 25.8 Å². The summed E-state index contributed by atoms with van der Waals surface area (Å²) >= 11 is 1.86. The minimum Gasteiger partial charge on any atom is -0.305 e. The molecular formula is C55H50IrN2SSi-2. The summed E-state index contributed by atoms with van der Waals surface area (Å²) in [7, 11) is -1.40. The smallest absolute Gasteiger partial charge is 0.0795 e. The van der Waals surface area contributed by atoms with E-state index in [9.17, 15) is 0 Å². The summed E-state index contributed by atoms with van der Waals surface area (Å²) in [5.74, 6) is 0. The Labute approximate surface area is 379 Å². The van der Waals surface area contributed by atoms with Crippen LogP contribution in [0.25, 0.3) is 76.1 Å². The molecule has 2 nitrogen and oxygen atoms in total. The number of pyridine rings is 2. The molecule has 0 amide bonds. The number of hydrogen-bond donors (Lipinski definition) is 0. The van der Waals surface area contributed by atoms with Gasteiger partial charge in [-0.1, -0.05) is 173 Å². The van der Waals surface area contributed by atoms with Gasteiger partial charge in [0.2, 0.25) is 0 Å². The Morgan fingerprint density at radius 1 is 0.633 bits per heavy atom. The van der Waals surface area contributed by atoms with Crippen LogP contribution in [-0.4, -0.2) is 18.0 Å². The fourth-order valence-corrected chi connectivity index (χ4v) is 9.85. The molecule has 0 saturated heterocycles. The molecule has 6 aromatic carbocycles. The van der Waals surface area contributed by atoms with Gasteiger partial charge in [-0.3, -0.25) is 0 Å². The van der Waals surface area contributed by atoms with Crippen molar-refractivity contribution in [3.8, 4) is 55.9 Å². The summed E-state index contributed by atoms with van der Waals surface area (Å²) in [4.78, 5) is 9.39. The fraction of sp³-hybridized carbons (Fsp3) is 0.164. The first kappa shape index (κ1) is 38.9. The minimum absolute atomic E-state index is 0. The van der Waals surface area contributed by atoms with Crippen LogP contribution in [0.4, 0.5) is 0 Å². The second-order valence-corrected chi connectivity index (χ2v) is 23.4. The van der Waals surface area contributed by atoms with Crippen LogP contribution < -0.4 is 5.19 Å². The summed E-state index contributed by atoms with van der Waals surface area (Å²) in [6.07, 6.45) is 4.90. The number of rotatable bonds is 7. The van der Waals surface area contributed by atoms with Crippen molar-refractivity contribution in [2.75, 3.05) is 0 Å². The van der Waals surface area contributed by atoms with Crippen LogP contribution in [0.15, 0.2) is 164 Å². The molecule has 3 heterocycles. The second-order valence-electron chi connectivity index (χ2n) is 17.3. The Morgan fingerprint density at radius 3 is 1.92 bits per heavy atom. The van der Waals surface area contributed by atoms with E-state index in [4.69, 9.17) is 9.10 Å². The van der Waals surface area contributed by atoms with Gasteiger partial charge in [0.15, 0.2) is 0 Å². The molecule has 0 unspecified atom stereocenters. The van der Waals surface area contributed by atoms with Crippen LogP contribution in [0.1, 0.15) is 36.0 Å². The molecule has 0 atom stereocenters. The molecule has 3 aromatic heterocycles. The molecular weight excluding hydrogens is 941 g/mol. The molecule has 0 bridgehead atoms. The van der Waals surface area contributed by atoms with Gasteiger partial charge in [-0.25, -0.2) is 0 Å². The van der Waals surface area contributed by atoms with Crippen LogP contribution >= 0.6 is 11.3 Å². The van der Waals surface area contributed by atoms with Gasteiger partial charge >= 0.3 is 0 Å². The van der Waals surface area contributed by atoms with E-state index in [1.54, 1.807) is 6.07 Å². The average molecular weight is 994 g/mol. The van der Waals surface area contributed by atoms with Crippen molar-refractivity contribution in [1.82, 2.24) is 9.97 Å². The Balaban J connectivity index is 0.000000196. The van der Waals surface area contributed by atoms with Crippen molar-refractivity contribution < 1.29 is 24.2 Å². The monoisotopic (exact) mass is 994 g/mol. The number of hydrogen-bond acceptors (Lipinski definition) is 3. The Kier molecular flexibility index (Phi) is 11.8. The molecule has 9 aromatic rings. The minimum atomic E-state index is -2.19. The molecule has 0 aliphatic rings. The Morgan fingerprint density at radius 2 is 1.30 bits per heavy atom. The molecule has 0 aliphatic heterocycles. The zero-order valence-corrected chi connectivity index (χ0v) is 39.1. The van der Waals surface area contributed by atoms with Crippen molar-refractivity contribution in [2.45, 2.75) is 53.7 Å². The van der Waals surface area contributed by atoms with E-state index in [2.05, 4.69) is 161 Å². The van der Waals surface area contributed by atoms with Crippen LogP contribution in [0.3, 0.4) is 0 Å². The Hall–Kier alpha value is -5.29. The molecule has 9 rings (SSSR count). The normalized spacial score (nSPS) is 12.5. The largest absolute Gasteiger partial charge is 0.305 e. The predicted octanol–water partition coefficient (Wildman–Crippen LogP) is 14.9. The average Bonchev–Trinajstić information content (AvgIpc) is 3.65. The molecule has 5 heteroatoms. The third-order valence-corrected chi connectivity index (χ3v) is 13.8. The predicted molar refractivity (Wildman–Crippen MR) is 257 cm³/mol. The number of aromatic nitrogens is 2.